The number of halogens is 1. The van der Waals surface area contributed by atoms with Crippen molar-refractivity contribution in [2.75, 3.05) is 0 Å². The minimum Gasteiger partial charge on any atom is -0.462 e. The van der Waals surface area contributed by atoms with Crippen LogP contribution in [0.4, 0.5) is 10.1 Å². The molecule has 6 heteroatoms. The van der Waals surface area contributed by atoms with E-state index in [4.69, 9.17) is 4.42 Å². The third kappa shape index (κ3) is 3.22. The molecule has 1 amide bonds. The second-order valence-electron chi connectivity index (χ2n) is 4.41. The van der Waals surface area contributed by atoms with Gasteiger partial charge in [-0.25, -0.2) is 9.38 Å². The van der Waals surface area contributed by atoms with Crippen LogP contribution >= 0.6 is 11.8 Å². The van der Waals surface area contributed by atoms with Gasteiger partial charge >= 0.3 is 0 Å². The summed E-state index contributed by atoms with van der Waals surface area (Å²) in [4.78, 5) is 16.6. The molecule has 3 rings (SSSR count). The average molecular weight is 302 g/mol. The van der Waals surface area contributed by atoms with E-state index in [2.05, 4.69) is 10.3 Å². The summed E-state index contributed by atoms with van der Waals surface area (Å²) in [5.74, 6) is 0.851. The van der Waals surface area contributed by atoms with Crippen molar-refractivity contribution in [1.29, 1.82) is 0 Å². The topological polar surface area (TPSA) is 54.6 Å². The molecule has 0 spiro atoms. The van der Waals surface area contributed by atoms with E-state index < -0.39 is 0 Å². The molecule has 106 valence electrons. The van der Waals surface area contributed by atoms with Gasteiger partial charge in [0.25, 0.3) is 5.91 Å². The molecular formula is C15H11FN2O2S. The highest BCUT2D eigenvalue weighted by atomic mass is 32.2. The molecular weight excluding hydrogens is 291 g/mol. The van der Waals surface area contributed by atoms with Gasteiger partial charge < -0.3 is 9.73 Å². The fourth-order valence-electron chi connectivity index (χ4n) is 1.77. The highest BCUT2D eigenvalue weighted by Crippen LogP contribution is 2.28. The van der Waals surface area contributed by atoms with Crippen LogP contribution in [0.2, 0.25) is 0 Å². The smallest absolute Gasteiger partial charge is 0.264 e. The molecule has 1 aromatic carbocycles. The van der Waals surface area contributed by atoms with Crippen LogP contribution in [0, 0.1) is 12.7 Å². The zero-order valence-corrected chi connectivity index (χ0v) is 11.9. The first-order chi connectivity index (χ1) is 10.1. The van der Waals surface area contributed by atoms with Crippen molar-refractivity contribution in [3.63, 3.8) is 0 Å². The Morgan fingerprint density at radius 3 is 2.67 bits per heavy atom. The van der Waals surface area contributed by atoms with Gasteiger partial charge in [0.1, 0.15) is 17.3 Å². The molecule has 2 heterocycles. The number of carbonyl (C=O) groups excluding carboxylic acids is 1. The van der Waals surface area contributed by atoms with Gasteiger partial charge in [0.05, 0.1) is 10.6 Å². The molecule has 21 heavy (non-hydrogen) atoms. The number of amidine groups is 1. The number of thioether (sulfide) groups is 1. The summed E-state index contributed by atoms with van der Waals surface area (Å²) >= 11 is 1.22. The van der Waals surface area contributed by atoms with Crippen LogP contribution in [-0.2, 0) is 4.79 Å². The first-order valence-corrected chi connectivity index (χ1v) is 7.03. The molecule has 0 radical (unpaired) electrons. The Balaban J connectivity index is 1.81. The molecule has 4 nitrogen and oxygen atoms in total. The summed E-state index contributed by atoms with van der Waals surface area (Å²) in [5.41, 5.74) is 0.578. The second-order valence-corrected chi connectivity index (χ2v) is 5.44. The lowest BCUT2D eigenvalue weighted by Crippen LogP contribution is -2.19. The molecule has 1 aliphatic rings. The van der Waals surface area contributed by atoms with Crippen molar-refractivity contribution in [2.24, 2.45) is 4.99 Å². The van der Waals surface area contributed by atoms with E-state index in [-0.39, 0.29) is 11.7 Å². The zero-order chi connectivity index (χ0) is 14.8. The lowest BCUT2D eigenvalue weighted by molar-refractivity contribution is -0.115. The van der Waals surface area contributed by atoms with Crippen LogP contribution < -0.4 is 5.32 Å². The lowest BCUT2D eigenvalue weighted by Gasteiger charge is -1.95. The SMILES string of the molecule is Cc1ccc(C=C2SC(=Nc3ccc(F)cc3)NC2=O)o1. The number of hydrogen-bond donors (Lipinski definition) is 1. The predicted molar refractivity (Wildman–Crippen MR) is 80.7 cm³/mol. The van der Waals surface area contributed by atoms with Crippen molar-refractivity contribution in [1.82, 2.24) is 5.32 Å². The number of amides is 1. The lowest BCUT2D eigenvalue weighted by atomic mass is 10.3. The summed E-state index contributed by atoms with van der Waals surface area (Å²) in [6, 6.07) is 9.37. The van der Waals surface area contributed by atoms with E-state index in [0.717, 1.165) is 5.76 Å². The van der Waals surface area contributed by atoms with Gasteiger partial charge in [-0.2, -0.15) is 0 Å². The Morgan fingerprint density at radius 1 is 1.24 bits per heavy atom. The fourth-order valence-corrected chi connectivity index (χ4v) is 2.60. The summed E-state index contributed by atoms with van der Waals surface area (Å²) in [6.45, 7) is 1.84. The number of furan rings is 1. The van der Waals surface area contributed by atoms with Crippen molar-refractivity contribution in [2.45, 2.75) is 6.92 Å². The van der Waals surface area contributed by atoms with Gasteiger partial charge in [0.2, 0.25) is 0 Å². The summed E-state index contributed by atoms with van der Waals surface area (Å²) in [6.07, 6.45) is 1.67. The first kappa shape index (κ1) is 13.6. The van der Waals surface area contributed by atoms with Gasteiger partial charge in [0.15, 0.2) is 5.17 Å². The Labute approximate surface area is 124 Å². The van der Waals surface area contributed by atoms with Crippen LogP contribution in [0.25, 0.3) is 6.08 Å². The Kier molecular flexibility index (Phi) is 3.62. The number of aliphatic imine (C=N–C) groups is 1. The monoisotopic (exact) mass is 302 g/mol. The van der Waals surface area contributed by atoms with Crippen LogP contribution in [0.15, 0.2) is 50.7 Å². The van der Waals surface area contributed by atoms with Crippen molar-refractivity contribution >= 4 is 34.6 Å². The van der Waals surface area contributed by atoms with Gasteiger partial charge in [-0.05, 0) is 55.1 Å². The van der Waals surface area contributed by atoms with E-state index in [1.807, 2.05) is 13.0 Å². The van der Waals surface area contributed by atoms with Crippen LogP contribution in [0.3, 0.4) is 0 Å². The first-order valence-electron chi connectivity index (χ1n) is 6.22. The molecule has 1 saturated heterocycles. The van der Waals surface area contributed by atoms with Crippen molar-refractivity contribution in [3.05, 3.63) is 58.6 Å². The van der Waals surface area contributed by atoms with Gasteiger partial charge in [-0.15, -0.1) is 0 Å². The molecule has 1 N–H and O–H groups in total. The van der Waals surface area contributed by atoms with Crippen molar-refractivity contribution < 1.29 is 13.6 Å². The zero-order valence-electron chi connectivity index (χ0n) is 11.1. The summed E-state index contributed by atoms with van der Waals surface area (Å²) in [7, 11) is 0. The van der Waals surface area contributed by atoms with E-state index in [1.165, 1.54) is 23.9 Å². The second kappa shape index (κ2) is 5.57. The third-order valence-electron chi connectivity index (χ3n) is 2.74. The van der Waals surface area contributed by atoms with E-state index in [9.17, 15) is 9.18 Å². The molecule has 0 saturated carbocycles. The minimum absolute atomic E-state index is 0.227. The fraction of sp³-hybridized carbons (Fsp3) is 0.0667. The highest BCUT2D eigenvalue weighted by Gasteiger charge is 2.24. The molecule has 0 unspecified atom stereocenters. The standard InChI is InChI=1S/C15H11FN2O2S/c1-9-2-7-12(20-9)8-13-14(19)18-15(21-13)17-11-5-3-10(16)4-6-11/h2-8H,1H3,(H,17,18,19). The number of hydrogen-bond acceptors (Lipinski definition) is 4. The Bertz CT molecular complexity index is 747. The number of benzene rings is 1. The maximum atomic E-state index is 12.8. The third-order valence-corrected chi connectivity index (χ3v) is 3.65. The van der Waals surface area contributed by atoms with Crippen LogP contribution in [0.5, 0.6) is 0 Å². The quantitative estimate of drug-likeness (QED) is 0.862. The van der Waals surface area contributed by atoms with Gasteiger partial charge in [-0.1, -0.05) is 0 Å². The predicted octanol–water partition coefficient (Wildman–Crippen LogP) is 3.62. The average Bonchev–Trinajstić information content (AvgIpc) is 3.00. The number of carbonyl (C=O) groups is 1. The number of nitrogens with one attached hydrogen (secondary N) is 1. The normalized spacial score (nSPS) is 18.5. The summed E-state index contributed by atoms with van der Waals surface area (Å²) < 4.78 is 18.2. The Morgan fingerprint density at radius 2 is 2.00 bits per heavy atom. The molecule has 0 atom stereocenters. The number of nitrogens with zero attached hydrogens (tertiary/aromatic N) is 1. The number of aryl methyl sites for hydroxylation is 1. The number of rotatable bonds is 2. The molecule has 1 aromatic heterocycles. The molecule has 2 aromatic rings. The van der Waals surface area contributed by atoms with Crippen LogP contribution in [-0.4, -0.2) is 11.1 Å². The largest absolute Gasteiger partial charge is 0.462 e. The van der Waals surface area contributed by atoms with Gasteiger partial charge in [0, 0.05) is 6.08 Å². The van der Waals surface area contributed by atoms with Crippen molar-refractivity contribution in [3.8, 4) is 0 Å². The highest BCUT2D eigenvalue weighted by molar-refractivity contribution is 8.18. The van der Waals surface area contributed by atoms with E-state index in [0.29, 0.717) is 21.5 Å². The minimum atomic E-state index is -0.323. The van der Waals surface area contributed by atoms with E-state index in [1.54, 1.807) is 24.3 Å². The van der Waals surface area contributed by atoms with E-state index >= 15 is 0 Å². The molecule has 0 bridgehead atoms. The maximum Gasteiger partial charge on any atom is 0.264 e. The Hall–Kier alpha value is -2.34. The van der Waals surface area contributed by atoms with Crippen LogP contribution in [0.1, 0.15) is 11.5 Å². The molecule has 1 fully saturated rings. The molecule has 1 aliphatic heterocycles. The molecule has 0 aliphatic carbocycles. The summed E-state index contributed by atoms with van der Waals surface area (Å²) in [5, 5.41) is 3.12. The van der Waals surface area contributed by atoms with Gasteiger partial charge in [-0.3, -0.25) is 4.79 Å². The maximum absolute atomic E-state index is 12.8.